The zero-order valence-electron chi connectivity index (χ0n) is 21.9. The van der Waals surface area contributed by atoms with Crippen LogP contribution in [0, 0.1) is 16.0 Å². The van der Waals surface area contributed by atoms with Gasteiger partial charge in [0.2, 0.25) is 0 Å². The first kappa shape index (κ1) is 30.3. The molecule has 0 saturated carbocycles. The molecule has 1 aromatic rings. The number of carboxylic acids is 1. The summed E-state index contributed by atoms with van der Waals surface area (Å²) in [6.07, 6.45) is 2.44. The lowest BCUT2D eigenvalue weighted by Gasteiger charge is -2.29. The molecule has 2 rings (SSSR count). The molecule has 38 heavy (non-hydrogen) atoms. The molecule has 0 spiro atoms. The molecule has 1 aromatic carbocycles. The number of phenolic OH excluding ortho intramolecular Hbond substituents is 1. The molecule has 0 amide bonds. The number of esters is 2. The minimum Gasteiger partial charge on any atom is -0.508 e. The summed E-state index contributed by atoms with van der Waals surface area (Å²) in [6.45, 7) is 8.50. The Kier molecular flexibility index (Phi) is 11.3. The normalized spacial score (nSPS) is 17.3. The van der Waals surface area contributed by atoms with E-state index in [1.807, 2.05) is 6.08 Å². The number of hydrogen-bond donors (Lipinski definition) is 2. The molecule has 0 saturated heterocycles. The van der Waals surface area contributed by atoms with Gasteiger partial charge >= 0.3 is 17.9 Å². The lowest BCUT2D eigenvalue weighted by atomic mass is 9.78. The van der Waals surface area contributed by atoms with Crippen molar-refractivity contribution < 1.29 is 44.0 Å². The number of carboxylic acid groups (broad SMARTS) is 1. The Morgan fingerprint density at radius 3 is 2.53 bits per heavy atom. The van der Waals surface area contributed by atoms with Crippen molar-refractivity contribution in [2.45, 2.75) is 70.8 Å². The maximum absolute atomic E-state index is 12.8. The monoisotopic (exact) mass is 533 g/mol. The molecule has 1 aliphatic carbocycles. The van der Waals surface area contributed by atoms with E-state index < -0.39 is 47.4 Å². The Bertz CT molecular complexity index is 1080. The van der Waals surface area contributed by atoms with E-state index in [0.717, 1.165) is 12.0 Å². The van der Waals surface area contributed by atoms with Crippen LogP contribution in [0.25, 0.3) is 0 Å². The second-order valence-electron chi connectivity index (χ2n) is 9.37. The molecule has 4 atom stereocenters. The van der Waals surface area contributed by atoms with Crippen LogP contribution in [0.1, 0.15) is 75.8 Å². The number of carbonyl (C=O) groups excluding carboxylic acids is 2. The van der Waals surface area contributed by atoms with Gasteiger partial charge in [-0.15, -0.1) is 10.1 Å². The summed E-state index contributed by atoms with van der Waals surface area (Å²) >= 11 is 0. The Hall–Kier alpha value is -3.89. The van der Waals surface area contributed by atoms with Crippen LogP contribution >= 0.6 is 0 Å². The van der Waals surface area contributed by atoms with Crippen molar-refractivity contribution in [3.8, 4) is 5.75 Å². The van der Waals surface area contributed by atoms with Gasteiger partial charge in [-0.05, 0) is 56.2 Å². The van der Waals surface area contributed by atoms with E-state index in [-0.39, 0.29) is 36.0 Å². The zero-order valence-corrected chi connectivity index (χ0v) is 21.9. The smallest absolute Gasteiger partial charge is 0.315 e. The van der Waals surface area contributed by atoms with Gasteiger partial charge in [-0.1, -0.05) is 37.3 Å². The number of allylic oxidation sites excluding steroid dienone is 1. The minimum absolute atomic E-state index is 0.0799. The molecule has 1 aliphatic rings. The first-order valence-corrected chi connectivity index (χ1v) is 12.5. The predicted molar refractivity (Wildman–Crippen MR) is 136 cm³/mol. The Labute approximate surface area is 221 Å². The van der Waals surface area contributed by atoms with Crippen molar-refractivity contribution in [2.75, 3.05) is 13.2 Å². The molecule has 0 bridgehead atoms. The molecule has 0 aromatic heterocycles. The quantitative estimate of drug-likeness (QED) is 0.151. The molecular weight excluding hydrogens is 498 g/mol. The van der Waals surface area contributed by atoms with Crippen LogP contribution in [-0.2, 0) is 28.7 Å². The second-order valence-corrected chi connectivity index (χ2v) is 9.37. The number of ether oxygens (including phenoxy) is 2. The maximum Gasteiger partial charge on any atom is 0.315 e. The average molecular weight is 534 g/mol. The number of phenols is 1. The van der Waals surface area contributed by atoms with Crippen molar-refractivity contribution >= 4 is 17.9 Å². The summed E-state index contributed by atoms with van der Waals surface area (Å²) in [5.74, 6) is -5.69. The number of carbonyl (C=O) groups is 3. The summed E-state index contributed by atoms with van der Waals surface area (Å²) in [7, 11) is 0. The standard InChI is InChI=1S/C27H35NO10/c1-5-12-36-27(33)24(16(2)3)23(38-28(34)35)14-21(26(31)32)20-10-7-11-22(30)25(20)19-9-6-8-18(13-19)15-37-17(4)29/h7,10-11,13,19,21,23-24,30H,2,5-6,8-9,12,14-15H2,1,3-4H3,(H,31,32)/t19-,21?,23?,24?/m0/s1. The summed E-state index contributed by atoms with van der Waals surface area (Å²) < 4.78 is 10.3. The fourth-order valence-corrected chi connectivity index (χ4v) is 4.73. The number of benzene rings is 1. The van der Waals surface area contributed by atoms with Gasteiger partial charge in [-0.2, -0.15) is 0 Å². The van der Waals surface area contributed by atoms with E-state index in [4.69, 9.17) is 14.3 Å². The van der Waals surface area contributed by atoms with E-state index in [0.29, 0.717) is 24.8 Å². The summed E-state index contributed by atoms with van der Waals surface area (Å²) in [4.78, 5) is 52.7. The highest BCUT2D eigenvalue weighted by atomic mass is 17.0. The van der Waals surface area contributed by atoms with Crippen LogP contribution in [0.4, 0.5) is 0 Å². The van der Waals surface area contributed by atoms with Crippen LogP contribution in [0.5, 0.6) is 5.75 Å². The molecule has 208 valence electrons. The average Bonchev–Trinajstić information content (AvgIpc) is 2.84. The predicted octanol–water partition coefficient (Wildman–Crippen LogP) is 4.43. The number of rotatable bonds is 14. The fraction of sp³-hybridized carbons (Fsp3) is 0.519. The van der Waals surface area contributed by atoms with E-state index in [1.54, 1.807) is 6.92 Å². The number of hydrogen-bond acceptors (Lipinski definition) is 9. The van der Waals surface area contributed by atoms with Crippen LogP contribution in [0.2, 0.25) is 0 Å². The molecule has 0 aliphatic heterocycles. The van der Waals surface area contributed by atoms with Gasteiger partial charge < -0.3 is 24.5 Å². The van der Waals surface area contributed by atoms with Crippen LogP contribution < -0.4 is 0 Å². The Morgan fingerprint density at radius 2 is 1.95 bits per heavy atom. The third kappa shape index (κ3) is 8.32. The van der Waals surface area contributed by atoms with E-state index >= 15 is 0 Å². The third-order valence-electron chi connectivity index (χ3n) is 6.37. The first-order chi connectivity index (χ1) is 18.0. The largest absolute Gasteiger partial charge is 0.508 e. The van der Waals surface area contributed by atoms with Gasteiger partial charge in [0.05, 0.1) is 12.5 Å². The van der Waals surface area contributed by atoms with Crippen molar-refractivity contribution in [3.63, 3.8) is 0 Å². The van der Waals surface area contributed by atoms with Gasteiger partial charge in [-0.3, -0.25) is 14.4 Å². The topological polar surface area (TPSA) is 163 Å². The highest BCUT2D eigenvalue weighted by molar-refractivity contribution is 5.79. The second kappa shape index (κ2) is 14.2. The molecular formula is C27H35NO10. The molecule has 0 heterocycles. The maximum atomic E-state index is 12.8. The lowest BCUT2D eigenvalue weighted by Crippen LogP contribution is -2.37. The molecule has 0 radical (unpaired) electrons. The fourth-order valence-electron chi connectivity index (χ4n) is 4.73. The molecule has 11 heteroatoms. The van der Waals surface area contributed by atoms with Crippen molar-refractivity contribution in [1.29, 1.82) is 0 Å². The van der Waals surface area contributed by atoms with Crippen LogP contribution in [0.3, 0.4) is 0 Å². The third-order valence-corrected chi connectivity index (χ3v) is 6.37. The van der Waals surface area contributed by atoms with Gasteiger partial charge in [0.15, 0.2) is 0 Å². The first-order valence-electron chi connectivity index (χ1n) is 12.5. The van der Waals surface area contributed by atoms with Crippen molar-refractivity contribution in [1.82, 2.24) is 0 Å². The summed E-state index contributed by atoms with van der Waals surface area (Å²) in [6, 6.07) is 4.47. The van der Waals surface area contributed by atoms with Gasteiger partial charge in [0.1, 0.15) is 24.4 Å². The number of aliphatic carboxylic acids is 1. The van der Waals surface area contributed by atoms with Gasteiger partial charge in [-0.25, -0.2) is 0 Å². The van der Waals surface area contributed by atoms with E-state index in [2.05, 4.69) is 6.58 Å². The van der Waals surface area contributed by atoms with Gasteiger partial charge in [0.25, 0.3) is 5.09 Å². The minimum atomic E-state index is -1.50. The van der Waals surface area contributed by atoms with Crippen LogP contribution in [0.15, 0.2) is 42.0 Å². The van der Waals surface area contributed by atoms with E-state index in [9.17, 15) is 34.7 Å². The Morgan fingerprint density at radius 1 is 1.24 bits per heavy atom. The van der Waals surface area contributed by atoms with Crippen molar-refractivity contribution in [3.05, 3.63) is 63.2 Å². The van der Waals surface area contributed by atoms with Crippen LogP contribution in [-0.4, -0.2) is 52.5 Å². The zero-order chi connectivity index (χ0) is 28.4. The highest BCUT2D eigenvalue weighted by Gasteiger charge is 2.39. The summed E-state index contributed by atoms with van der Waals surface area (Å²) in [5, 5.41) is 31.3. The molecule has 3 unspecified atom stereocenters. The van der Waals surface area contributed by atoms with E-state index in [1.165, 1.54) is 32.0 Å². The van der Waals surface area contributed by atoms with Crippen molar-refractivity contribution in [2.24, 2.45) is 5.92 Å². The molecule has 2 N–H and O–H groups in total. The number of nitrogens with zero attached hydrogens (tertiary/aromatic N) is 1. The summed E-state index contributed by atoms with van der Waals surface area (Å²) in [5.41, 5.74) is 1.67. The molecule has 11 nitrogen and oxygen atoms in total. The lowest BCUT2D eigenvalue weighted by molar-refractivity contribution is -0.770. The highest BCUT2D eigenvalue weighted by Crippen LogP contribution is 2.42. The number of aromatic hydroxyl groups is 1. The SMILES string of the molecule is C=C(C)C(C(=O)OCCC)C(CC(C(=O)O)c1cccc(O)c1[C@@H]1C=C(COC(C)=O)CCC1)O[N+](=O)[O-]. The Balaban J connectivity index is 2.52. The molecule has 0 fully saturated rings. The van der Waals surface area contributed by atoms with Gasteiger partial charge in [0, 0.05) is 18.4 Å².